The van der Waals surface area contributed by atoms with Crippen LogP contribution in [0.2, 0.25) is 0 Å². The smallest absolute Gasteiger partial charge is 0.335 e. The monoisotopic (exact) mass is 648 g/mol. The van der Waals surface area contributed by atoms with Gasteiger partial charge < -0.3 is 19.7 Å². The van der Waals surface area contributed by atoms with Crippen molar-refractivity contribution in [2.45, 2.75) is 95.8 Å². The number of ether oxygens (including phenoxy) is 2. The molecule has 2 N–H and O–H groups in total. The molecule has 0 radical (unpaired) electrons. The van der Waals surface area contributed by atoms with E-state index in [4.69, 9.17) is 9.47 Å². The molecule has 0 amide bonds. The molecule has 2 aromatic carbocycles. The third-order valence-electron chi connectivity index (χ3n) is 10.5. The zero-order valence-electron chi connectivity index (χ0n) is 28.1. The van der Waals surface area contributed by atoms with Crippen LogP contribution in [-0.4, -0.2) is 48.6 Å². The molecule has 0 unspecified atom stereocenters. The third-order valence-corrected chi connectivity index (χ3v) is 10.5. The van der Waals surface area contributed by atoms with Gasteiger partial charge in [-0.3, -0.25) is 0 Å². The molecular formula is C40H53FO6. The molecule has 0 bridgehead atoms. The van der Waals surface area contributed by atoms with Crippen molar-refractivity contribution in [3.63, 3.8) is 0 Å². The second-order valence-electron chi connectivity index (χ2n) is 13.7. The fourth-order valence-electron chi connectivity index (χ4n) is 7.36. The number of hydrogen-bond acceptors (Lipinski definition) is 6. The van der Waals surface area contributed by atoms with Crippen molar-refractivity contribution in [1.29, 1.82) is 0 Å². The Morgan fingerprint density at radius 1 is 0.787 bits per heavy atom. The molecule has 0 aliphatic heterocycles. The maximum Gasteiger partial charge on any atom is 0.335 e. The highest BCUT2D eigenvalue weighted by molar-refractivity contribution is 5.88. The molecule has 4 rings (SSSR count). The van der Waals surface area contributed by atoms with Gasteiger partial charge in [-0.2, -0.15) is 0 Å². The van der Waals surface area contributed by atoms with E-state index in [1.54, 1.807) is 6.07 Å². The first kappa shape index (κ1) is 36.5. The molecule has 2 aliphatic rings. The molecule has 256 valence electrons. The molecule has 0 saturated heterocycles. The summed E-state index contributed by atoms with van der Waals surface area (Å²) >= 11 is 0. The quantitative estimate of drug-likeness (QED) is 0.108. The van der Waals surface area contributed by atoms with Crippen molar-refractivity contribution in [3.05, 3.63) is 83.7 Å². The molecule has 2 aromatic rings. The molecule has 0 heterocycles. The van der Waals surface area contributed by atoms with Crippen LogP contribution in [0.15, 0.2) is 66.8 Å². The first-order chi connectivity index (χ1) is 22.7. The summed E-state index contributed by atoms with van der Waals surface area (Å²) in [7, 11) is 0. The number of aliphatic hydroxyl groups is 2. The topological polar surface area (TPSA) is 93.1 Å². The number of benzene rings is 2. The van der Waals surface area contributed by atoms with Gasteiger partial charge in [0.25, 0.3) is 0 Å². The van der Waals surface area contributed by atoms with Crippen LogP contribution >= 0.6 is 0 Å². The Morgan fingerprint density at radius 3 is 1.85 bits per heavy atom. The highest BCUT2D eigenvalue weighted by atomic mass is 19.1. The normalized spacial score (nSPS) is 21.3. The number of unbranched alkanes of at least 4 members (excludes halogenated alkanes) is 2. The summed E-state index contributed by atoms with van der Waals surface area (Å²) in [5.74, 6) is -0.0801. The van der Waals surface area contributed by atoms with Crippen LogP contribution < -0.4 is 0 Å². The van der Waals surface area contributed by atoms with Crippen LogP contribution in [0.4, 0.5) is 4.39 Å². The Balaban J connectivity index is 1.32. The zero-order valence-corrected chi connectivity index (χ0v) is 28.1. The van der Waals surface area contributed by atoms with Crippen molar-refractivity contribution in [2.24, 2.45) is 17.8 Å². The van der Waals surface area contributed by atoms with Gasteiger partial charge in [0.05, 0.1) is 37.6 Å². The van der Waals surface area contributed by atoms with Crippen LogP contribution in [0, 0.1) is 23.6 Å². The van der Waals surface area contributed by atoms with Crippen LogP contribution in [-0.2, 0) is 19.1 Å². The summed E-state index contributed by atoms with van der Waals surface area (Å²) in [6.45, 7) is 8.29. The Kier molecular flexibility index (Phi) is 14.2. The van der Waals surface area contributed by atoms with Gasteiger partial charge in [0.1, 0.15) is 5.82 Å². The van der Waals surface area contributed by atoms with Crippen molar-refractivity contribution in [2.75, 3.05) is 26.4 Å². The van der Waals surface area contributed by atoms with Crippen LogP contribution in [0.1, 0.15) is 107 Å². The van der Waals surface area contributed by atoms with E-state index < -0.39 is 25.2 Å². The average molecular weight is 649 g/mol. The van der Waals surface area contributed by atoms with Gasteiger partial charge in [-0.25, -0.2) is 14.0 Å². The summed E-state index contributed by atoms with van der Waals surface area (Å²) in [5, 5.41) is 18.4. The lowest BCUT2D eigenvalue weighted by Crippen LogP contribution is -2.31. The molecule has 2 saturated carbocycles. The first-order valence-corrected chi connectivity index (χ1v) is 17.5. The summed E-state index contributed by atoms with van der Waals surface area (Å²) in [4.78, 5) is 24.2. The molecule has 0 spiro atoms. The SMILES string of the molecule is C=C(CO)C(=O)OCC(COC(=O)C(=C)CO)C1CCC(c2ccc(-c3ccc(C4CCC(CCCCC)CC4)cc3)c(F)c2)CC1. The Hall–Kier alpha value is -3.29. The van der Waals surface area contributed by atoms with Gasteiger partial charge in [-0.05, 0) is 97.8 Å². The van der Waals surface area contributed by atoms with Crippen LogP contribution in [0.25, 0.3) is 11.1 Å². The minimum absolute atomic E-state index is 0.00843. The first-order valence-electron chi connectivity index (χ1n) is 17.5. The third kappa shape index (κ3) is 10.3. The molecule has 2 fully saturated rings. The molecule has 7 heteroatoms. The van der Waals surface area contributed by atoms with E-state index in [1.165, 1.54) is 56.9 Å². The number of halogens is 1. The van der Waals surface area contributed by atoms with E-state index in [-0.39, 0.29) is 47.9 Å². The lowest BCUT2D eigenvalue weighted by molar-refractivity contribution is -0.146. The second kappa shape index (κ2) is 18.3. The van der Waals surface area contributed by atoms with Gasteiger partial charge in [0.15, 0.2) is 0 Å². The predicted molar refractivity (Wildman–Crippen MR) is 183 cm³/mol. The van der Waals surface area contributed by atoms with E-state index in [0.717, 1.165) is 42.7 Å². The van der Waals surface area contributed by atoms with Gasteiger partial charge in [-0.1, -0.05) is 82.2 Å². The fraction of sp³-hybridized carbons (Fsp3) is 0.550. The van der Waals surface area contributed by atoms with Gasteiger partial charge in [0.2, 0.25) is 0 Å². The van der Waals surface area contributed by atoms with Crippen molar-refractivity contribution >= 4 is 11.9 Å². The lowest BCUT2D eigenvalue weighted by Gasteiger charge is -2.33. The standard InChI is InChI=1S/C40H53FO6/c1-4-5-6-7-29-8-10-30(11-9-29)31-16-18-34(19-17-31)37-21-20-35(22-38(37)41)32-12-14-33(15-13-32)36(25-46-39(44)27(2)23-42)26-47-40(45)28(3)24-43/h16-22,29-30,32-33,36,42-43H,2-15,23-26H2,1H3. The largest absolute Gasteiger partial charge is 0.462 e. The maximum atomic E-state index is 15.5. The summed E-state index contributed by atoms with van der Waals surface area (Å²) in [6, 6.07) is 14.1. The van der Waals surface area contributed by atoms with E-state index in [2.05, 4.69) is 44.3 Å². The van der Waals surface area contributed by atoms with Gasteiger partial charge in [-0.15, -0.1) is 0 Å². The minimum Gasteiger partial charge on any atom is -0.462 e. The van der Waals surface area contributed by atoms with E-state index in [1.807, 2.05) is 12.1 Å². The molecule has 2 aliphatic carbocycles. The summed E-state index contributed by atoms with van der Waals surface area (Å²) < 4.78 is 26.2. The number of carbonyl (C=O) groups excluding carboxylic acids is 2. The van der Waals surface area contributed by atoms with Crippen molar-refractivity contribution in [1.82, 2.24) is 0 Å². The summed E-state index contributed by atoms with van der Waals surface area (Å²) in [6.07, 6.45) is 13.7. The van der Waals surface area contributed by atoms with Gasteiger partial charge in [0, 0.05) is 11.5 Å². The number of carbonyl (C=O) groups is 2. The fourth-order valence-corrected chi connectivity index (χ4v) is 7.36. The van der Waals surface area contributed by atoms with Gasteiger partial charge >= 0.3 is 11.9 Å². The average Bonchev–Trinajstić information content (AvgIpc) is 3.11. The Morgan fingerprint density at radius 2 is 1.32 bits per heavy atom. The number of aliphatic hydroxyl groups excluding tert-OH is 2. The molecule has 47 heavy (non-hydrogen) atoms. The maximum absolute atomic E-state index is 15.5. The zero-order chi connectivity index (χ0) is 33.8. The van der Waals surface area contributed by atoms with Crippen LogP contribution in [0.5, 0.6) is 0 Å². The highest BCUT2D eigenvalue weighted by Crippen LogP contribution is 2.41. The molecule has 0 aromatic heterocycles. The van der Waals surface area contributed by atoms with Crippen LogP contribution in [0.3, 0.4) is 0 Å². The van der Waals surface area contributed by atoms with E-state index in [9.17, 15) is 19.8 Å². The highest BCUT2D eigenvalue weighted by Gasteiger charge is 2.31. The molecule has 6 nitrogen and oxygen atoms in total. The van der Waals surface area contributed by atoms with E-state index in [0.29, 0.717) is 11.5 Å². The number of esters is 2. The predicted octanol–water partition coefficient (Wildman–Crippen LogP) is 8.42. The number of hydrogen-bond donors (Lipinski definition) is 2. The van der Waals surface area contributed by atoms with Crippen molar-refractivity contribution in [3.8, 4) is 11.1 Å². The lowest BCUT2D eigenvalue weighted by atomic mass is 9.74. The molecular weight excluding hydrogens is 595 g/mol. The number of rotatable bonds is 16. The van der Waals surface area contributed by atoms with E-state index >= 15 is 4.39 Å². The second-order valence-corrected chi connectivity index (χ2v) is 13.7. The minimum atomic E-state index is -0.692. The Bertz CT molecular complexity index is 1300. The molecule has 0 atom stereocenters. The Labute approximate surface area is 280 Å². The van der Waals surface area contributed by atoms with Crippen molar-refractivity contribution < 1.29 is 33.7 Å². The summed E-state index contributed by atoms with van der Waals surface area (Å²) in [5.41, 5.74) is 3.77.